The highest BCUT2D eigenvalue weighted by Crippen LogP contribution is 2.45. The molecular formula is C28H34N6O3. The lowest BCUT2D eigenvalue weighted by molar-refractivity contribution is -0.124. The molecular weight excluding hydrogens is 468 g/mol. The molecule has 2 fully saturated rings. The van der Waals surface area contributed by atoms with Crippen molar-refractivity contribution < 1.29 is 14.3 Å². The first kappa shape index (κ1) is 23.9. The van der Waals surface area contributed by atoms with E-state index in [0.29, 0.717) is 37.6 Å². The molecule has 9 heteroatoms. The Morgan fingerprint density at radius 1 is 1.08 bits per heavy atom. The number of anilines is 3. The summed E-state index contributed by atoms with van der Waals surface area (Å²) in [4.78, 5) is 31.3. The SMILES string of the molecule is O=C(Nc1ccc2c(c1)NC(=O)C21CCOCC1)C(Nc1nccn2nccc12)C1CCCCCCC1. The third kappa shape index (κ3) is 4.56. The van der Waals surface area contributed by atoms with Crippen molar-refractivity contribution in [3.05, 3.63) is 48.4 Å². The Kier molecular flexibility index (Phi) is 6.54. The van der Waals surface area contributed by atoms with Gasteiger partial charge in [0, 0.05) is 37.0 Å². The van der Waals surface area contributed by atoms with Crippen molar-refractivity contribution in [3.8, 4) is 0 Å². The van der Waals surface area contributed by atoms with E-state index in [4.69, 9.17) is 4.74 Å². The highest BCUT2D eigenvalue weighted by molar-refractivity contribution is 6.07. The number of fused-ring (bicyclic) bond motifs is 3. The molecule has 1 saturated carbocycles. The zero-order valence-electron chi connectivity index (χ0n) is 21.0. The Hall–Kier alpha value is -3.46. The van der Waals surface area contributed by atoms with Gasteiger partial charge in [0.2, 0.25) is 11.8 Å². The van der Waals surface area contributed by atoms with Crippen LogP contribution in [-0.2, 0) is 19.7 Å². The molecule has 9 nitrogen and oxygen atoms in total. The zero-order chi connectivity index (χ0) is 25.2. The van der Waals surface area contributed by atoms with Crippen LogP contribution in [0.15, 0.2) is 42.9 Å². The first-order valence-electron chi connectivity index (χ1n) is 13.5. The van der Waals surface area contributed by atoms with Gasteiger partial charge in [0.25, 0.3) is 0 Å². The van der Waals surface area contributed by atoms with Crippen LogP contribution in [0.1, 0.15) is 63.4 Å². The van der Waals surface area contributed by atoms with E-state index in [1.165, 1.54) is 19.3 Å². The second-order valence-corrected chi connectivity index (χ2v) is 10.6. The van der Waals surface area contributed by atoms with Crippen LogP contribution in [0, 0.1) is 5.92 Å². The highest BCUT2D eigenvalue weighted by atomic mass is 16.5. The van der Waals surface area contributed by atoms with Crippen molar-refractivity contribution in [1.29, 1.82) is 0 Å². The molecule has 37 heavy (non-hydrogen) atoms. The topological polar surface area (TPSA) is 110 Å². The van der Waals surface area contributed by atoms with Gasteiger partial charge in [0.15, 0.2) is 5.82 Å². The van der Waals surface area contributed by atoms with Crippen LogP contribution in [0.5, 0.6) is 0 Å². The van der Waals surface area contributed by atoms with E-state index < -0.39 is 11.5 Å². The molecule has 3 N–H and O–H groups in total. The number of hydrogen-bond donors (Lipinski definition) is 3. The van der Waals surface area contributed by atoms with E-state index in [9.17, 15) is 9.59 Å². The van der Waals surface area contributed by atoms with Gasteiger partial charge in [-0.25, -0.2) is 9.50 Å². The summed E-state index contributed by atoms with van der Waals surface area (Å²) in [6.07, 6.45) is 14.5. The third-order valence-corrected chi connectivity index (χ3v) is 8.35. The zero-order valence-corrected chi connectivity index (χ0v) is 21.0. The Labute approximate surface area is 216 Å². The monoisotopic (exact) mass is 502 g/mol. The van der Waals surface area contributed by atoms with E-state index in [1.807, 2.05) is 24.3 Å². The first-order chi connectivity index (χ1) is 18.1. The van der Waals surface area contributed by atoms with Crippen LogP contribution in [-0.4, -0.2) is 45.7 Å². The summed E-state index contributed by atoms with van der Waals surface area (Å²) in [5.74, 6) is 0.803. The summed E-state index contributed by atoms with van der Waals surface area (Å²) in [5.41, 5.74) is 2.79. The Morgan fingerprint density at radius 2 is 1.86 bits per heavy atom. The van der Waals surface area contributed by atoms with Crippen molar-refractivity contribution in [2.24, 2.45) is 5.92 Å². The standard InChI is InChI=1S/C28H34N6O3/c35-26(31-20-8-9-21-22(18-20)32-27(36)28(21)11-16-37-17-12-28)24(19-6-4-2-1-3-5-7-19)33-25-23-10-13-30-34(23)15-14-29-25/h8-10,13-15,18-19,24H,1-7,11-12,16-17H2,(H,29,33)(H,31,35)(H,32,36). The summed E-state index contributed by atoms with van der Waals surface area (Å²) in [6.45, 7) is 1.16. The molecule has 2 amide bonds. The summed E-state index contributed by atoms with van der Waals surface area (Å²) in [6, 6.07) is 7.26. The van der Waals surface area contributed by atoms with Gasteiger partial charge in [0.1, 0.15) is 11.6 Å². The van der Waals surface area contributed by atoms with Crippen molar-refractivity contribution in [1.82, 2.24) is 14.6 Å². The largest absolute Gasteiger partial charge is 0.381 e. The van der Waals surface area contributed by atoms with Crippen LogP contribution >= 0.6 is 0 Å². The number of hydrogen-bond acceptors (Lipinski definition) is 6. The number of nitrogens with one attached hydrogen (secondary N) is 3. The van der Waals surface area contributed by atoms with Crippen LogP contribution in [0.4, 0.5) is 17.2 Å². The summed E-state index contributed by atoms with van der Waals surface area (Å²) < 4.78 is 7.27. The molecule has 2 aromatic heterocycles. The van der Waals surface area contributed by atoms with Crippen molar-refractivity contribution in [2.75, 3.05) is 29.2 Å². The van der Waals surface area contributed by atoms with Gasteiger partial charge in [-0.3, -0.25) is 9.59 Å². The lowest BCUT2D eigenvalue weighted by Crippen LogP contribution is -2.41. The lowest BCUT2D eigenvalue weighted by atomic mass is 9.75. The number of carbonyl (C=O) groups excluding carboxylic acids is 2. The molecule has 4 heterocycles. The van der Waals surface area contributed by atoms with E-state index in [2.05, 4.69) is 26.0 Å². The predicted molar refractivity (Wildman–Crippen MR) is 142 cm³/mol. The minimum absolute atomic E-state index is 0.0308. The van der Waals surface area contributed by atoms with Crippen LogP contribution in [0.25, 0.3) is 5.52 Å². The maximum Gasteiger partial charge on any atom is 0.247 e. The Bertz CT molecular complexity index is 1290. The average molecular weight is 503 g/mol. The highest BCUT2D eigenvalue weighted by Gasteiger charge is 2.47. The molecule has 194 valence electrons. The van der Waals surface area contributed by atoms with Gasteiger partial charge in [-0.2, -0.15) is 5.10 Å². The fourth-order valence-corrected chi connectivity index (χ4v) is 6.28. The molecule has 1 saturated heterocycles. The molecule has 3 aromatic rings. The third-order valence-electron chi connectivity index (χ3n) is 8.35. The molecule has 0 radical (unpaired) electrons. The first-order valence-corrected chi connectivity index (χ1v) is 13.5. The number of ether oxygens (including phenoxy) is 1. The summed E-state index contributed by atoms with van der Waals surface area (Å²) >= 11 is 0. The fraction of sp³-hybridized carbons (Fsp3) is 0.500. The van der Waals surface area contributed by atoms with Crippen LogP contribution in [0.3, 0.4) is 0 Å². The molecule has 1 aromatic carbocycles. The molecule has 1 spiro atoms. The quantitative estimate of drug-likeness (QED) is 0.474. The summed E-state index contributed by atoms with van der Waals surface area (Å²) in [7, 11) is 0. The molecule has 1 unspecified atom stereocenters. The number of carbonyl (C=O) groups is 2. The van der Waals surface area contributed by atoms with E-state index in [1.54, 1.807) is 23.1 Å². The van der Waals surface area contributed by atoms with E-state index in [-0.39, 0.29) is 17.7 Å². The van der Waals surface area contributed by atoms with Crippen LogP contribution in [0.2, 0.25) is 0 Å². The maximum atomic E-state index is 13.8. The Morgan fingerprint density at radius 3 is 2.68 bits per heavy atom. The minimum atomic E-state index is -0.519. The molecule has 1 atom stereocenters. The van der Waals surface area contributed by atoms with Gasteiger partial charge in [-0.05, 0) is 55.4 Å². The smallest absolute Gasteiger partial charge is 0.247 e. The normalized spacial score (nSPS) is 20.6. The second-order valence-electron chi connectivity index (χ2n) is 10.6. The minimum Gasteiger partial charge on any atom is -0.381 e. The molecule has 2 aliphatic heterocycles. The van der Waals surface area contributed by atoms with Gasteiger partial charge < -0.3 is 20.7 Å². The van der Waals surface area contributed by atoms with Crippen molar-refractivity contribution >= 4 is 34.5 Å². The summed E-state index contributed by atoms with van der Waals surface area (Å²) in [5, 5.41) is 14.0. The van der Waals surface area contributed by atoms with E-state index >= 15 is 0 Å². The van der Waals surface area contributed by atoms with Gasteiger partial charge in [-0.1, -0.05) is 38.2 Å². The van der Waals surface area contributed by atoms with Gasteiger partial charge in [-0.15, -0.1) is 0 Å². The number of nitrogens with zero attached hydrogens (tertiary/aromatic N) is 3. The number of amides is 2. The Balaban J connectivity index is 1.26. The van der Waals surface area contributed by atoms with E-state index in [0.717, 1.165) is 42.5 Å². The number of benzene rings is 1. The average Bonchev–Trinajstić information content (AvgIpc) is 3.47. The van der Waals surface area contributed by atoms with Gasteiger partial charge >= 0.3 is 0 Å². The van der Waals surface area contributed by atoms with Crippen LogP contribution < -0.4 is 16.0 Å². The molecule has 0 bridgehead atoms. The van der Waals surface area contributed by atoms with Crippen molar-refractivity contribution in [2.45, 2.75) is 69.2 Å². The molecule has 1 aliphatic carbocycles. The number of rotatable bonds is 5. The lowest BCUT2D eigenvalue weighted by Gasteiger charge is -2.31. The molecule has 3 aliphatic rings. The van der Waals surface area contributed by atoms with Crippen molar-refractivity contribution in [3.63, 3.8) is 0 Å². The predicted octanol–water partition coefficient (Wildman–Crippen LogP) is 4.51. The maximum absolute atomic E-state index is 13.8. The fourth-order valence-electron chi connectivity index (χ4n) is 6.28. The number of aromatic nitrogens is 3. The van der Waals surface area contributed by atoms with Gasteiger partial charge in [0.05, 0.1) is 11.6 Å². The molecule has 6 rings (SSSR count). The second kappa shape index (κ2) is 10.1.